The monoisotopic (exact) mass is 225 g/mol. The van der Waals surface area contributed by atoms with Crippen LogP contribution in [0.15, 0.2) is 18.2 Å². The summed E-state index contributed by atoms with van der Waals surface area (Å²) in [6, 6.07) is 4.49. The average Bonchev–Trinajstić information content (AvgIpc) is 2.22. The van der Waals surface area contributed by atoms with Gasteiger partial charge in [0.05, 0.1) is 0 Å². The van der Waals surface area contributed by atoms with E-state index in [1.807, 2.05) is 0 Å². The second-order valence-electron chi connectivity index (χ2n) is 4.50. The molecule has 0 atom stereocenters. The van der Waals surface area contributed by atoms with Crippen molar-refractivity contribution in [2.75, 3.05) is 6.54 Å². The van der Waals surface area contributed by atoms with E-state index in [1.165, 1.54) is 18.6 Å². The SMILES string of the molecule is CC(C)CCCNCc1ccc(O)c(F)c1. The highest BCUT2D eigenvalue weighted by Gasteiger charge is 2.01. The quantitative estimate of drug-likeness (QED) is 0.729. The minimum atomic E-state index is -0.554. The summed E-state index contributed by atoms with van der Waals surface area (Å²) in [6.45, 7) is 6.00. The van der Waals surface area contributed by atoms with Crippen LogP contribution in [0.3, 0.4) is 0 Å². The molecule has 2 nitrogen and oxygen atoms in total. The normalized spacial score (nSPS) is 11.0. The molecule has 0 bridgehead atoms. The first kappa shape index (κ1) is 13.0. The molecule has 0 aliphatic heterocycles. The fraction of sp³-hybridized carbons (Fsp3) is 0.538. The molecule has 3 heteroatoms. The Hall–Kier alpha value is -1.09. The largest absolute Gasteiger partial charge is 0.505 e. The van der Waals surface area contributed by atoms with E-state index in [4.69, 9.17) is 5.11 Å². The molecule has 1 aromatic carbocycles. The summed E-state index contributed by atoms with van der Waals surface area (Å²) in [5.74, 6) is -0.113. The molecular formula is C13H20FNO. The fourth-order valence-corrected chi connectivity index (χ4v) is 1.53. The van der Waals surface area contributed by atoms with E-state index in [-0.39, 0.29) is 5.75 Å². The molecule has 0 saturated heterocycles. The van der Waals surface area contributed by atoms with Crippen LogP contribution in [0.1, 0.15) is 32.3 Å². The zero-order valence-corrected chi connectivity index (χ0v) is 9.96. The van der Waals surface area contributed by atoms with E-state index in [2.05, 4.69) is 19.2 Å². The van der Waals surface area contributed by atoms with Gasteiger partial charge >= 0.3 is 0 Å². The molecule has 0 saturated carbocycles. The second-order valence-corrected chi connectivity index (χ2v) is 4.50. The van der Waals surface area contributed by atoms with Crippen molar-refractivity contribution < 1.29 is 9.50 Å². The Morgan fingerprint density at radius 1 is 1.38 bits per heavy atom. The fourth-order valence-electron chi connectivity index (χ4n) is 1.53. The summed E-state index contributed by atoms with van der Waals surface area (Å²) in [5, 5.41) is 12.3. The summed E-state index contributed by atoms with van der Waals surface area (Å²) < 4.78 is 13.0. The van der Waals surface area contributed by atoms with Crippen molar-refractivity contribution in [2.24, 2.45) is 5.92 Å². The molecule has 0 amide bonds. The van der Waals surface area contributed by atoms with Crippen LogP contribution in [0.4, 0.5) is 4.39 Å². The van der Waals surface area contributed by atoms with E-state index in [9.17, 15) is 4.39 Å². The first-order chi connectivity index (χ1) is 7.59. The van der Waals surface area contributed by atoms with Crippen molar-refractivity contribution in [1.82, 2.24) is 5.32 Å². The van der Waals surface area contributed by atoms with Crippen LogP contribution < -0.4 is 5.32 Å². The van der Waals surface area contributed by atoms with Gasteiger partial charge in [-0.1, -0.05) is 19.9 Å². The molecule has 0 unspecified atom stereocenters. The highest BCUT2D eigenvalue weighted by molar-refractivity contribution is 5.27. The summed E-state index contributed by atoms with van der Waals surface area (Å²) in [7, 11) is 0. The molecule has 0 heterocycles. The highest BCUT2D eigenvalue weighted by Crippen LogP contribution is 2.15. The molecule has 0 spiro atoms. The predicted molar refractivity (Wildman–Crippen MR) is 63.8 cm³/mol. The third-order valence-electron chi connectivity index (χ3n) is 2.48. The van der Waals surface area contributed by atoms with Gasteiger partial charge in [-0.15, -0.1) is 0 Å². The second kappa shape index (κ2) is 6.48. The highest BCUT2D eigenvalue weighted by atomic mass is 19.1. The van der Waals surface area contributed by atoms with Crippen LogP contribution in [0.2, 0.25) is 0 Å². The number of hydrogen-bond donors (Lipinski definition) is 2. The molecule has 2 N–H and O–H groups in total. The molecule has 1 aromatic rings. The Labute approximate surface area is 96.5 Å². The zero-order chi connectivity index (χ0) is 12.0. The average molecular weight is 225 g/mol. The van der Waals surface area contributed by atoms with Crippen LogP contribution in [0, 0.1) is 11.7 Å². The maximum Gasteiger partial charge on any atom is 0.165 e. The van der Waals surface area contributed by atoms with Crippen molar-refractivity contribution in [2.45, 2.75) is 33.2 Å². The van der Waals surface area contributed by atoms with E-state index >= 15 is 0 Å². The van der Waals surface area contributed by atoms with Crippen molar-refractivity contribution in [3.63, 3.8) is 0 Å². The van der Waals surface area contributed by atoms with Gasteiger partial charge in [-0.3, -0.25) is 0 Å². The molecule has 0 aromatic heterocycles. The third kappa shape index (κ3) is 4.62. The van der Waals surface area contributed by atoms with Crippen LogP contribution in [-0.4, -0.2) is 11.7 Å². The maximum atomic E-state index is 13.0. The third-order valence-corrected chi connectivity index (χ3v) is 2.48. The number of halogens is 1. The summed E-state index contributed by atoms with van der Waals surface area (Å²) >= 11 is 0. The Balaban J connectivity index is 2.24. The molecule has 0 fully saturated rings. The zero-order valence-electron chi connectivity index (χ0n) is 9.96. The summed E-state index contributed by atoms with van der Waals surface area (Å²) in [6.07, 6.45) is 2.34. The lowest BCUT2D eigenvalue weighted by molar-refractivity contribution is 0.431. The predicted octanol–water partition coefficient (Wildman–Crippen LogP) is 3.06. The number of nitrogens with one attached hydrogen (secondary N) is 1. The number of benzene rings is 1. The number of hydrogen-bond acceptors (Lipinski definition) is 2. The van der Waals surface area contributed by atoms with Gasteiger partial charge in [0.1, 0.15) is 0 Å². The first-order valence-corrected chi connectivity index (χ1v) is 5.77. The van der Waals surface area contributed by atoms with Crippen molar-refractivity contribution in [3.8, 4) is 5.75 Å². The van der Waals surface area contributed by atoms with Crippen molar-refractivity contribution in [1.29, 1.82) is 0 Å². The standard InChI is InChI=1S/C13H20FNO/c1-10(2)4-3-7-15-9-11-5-6-13(16)12(14)8-11/h5-6,8,10,15-16H,3-4,7,9H2,1-2H3. The van der Waals surface area contributed by atoms with E-state index in [0.717, 1.165) is 24.4 Å². The van der Waals surface area contributed by atoms with Gasteiger partial charge in [0, 0.05) is 6.54 Å². The molecule has 90 valence electrons. The lowest BCUT2D eigenvalue weighted by atomic mass is 10.1. The number of rotatable bonds is 6. The first-order valence-electron chi connectivity index (χ1n) is 5.77. The lowest BCUT2D eigenvalue weighted by Gasteiger charge is -2.07. The van der Waals surface area contributed by atoms with Crippen molar-refractivity contribution in [3.05, 3.63) is 29.6 Å². The number of phenols is 1. The number of aromatic hydroxyl groups is 1. The summed E-state index contributed by atoms with van der Waals surface area (Å²) in [4.78, 5) is 0. The van der Waals surface area contributed by atoms with Crippen molar-refractivity contribution >= 4 is 0 Å². The van der Waals surface area contributed by atoms with E-state index in [1.54, 1.807) is 6.07 Å². The van der Waals surface area contributed by atoms with Gasteiger partial charge < -0.3 is 10.4 Å². The molecule has 0 aliphatic carbocycles. The Bertz CT molecular complexity index is 326. The van der Waals surface area contributed by atoms with Gasteiger partial charge in [-0.2, -0.15) is 0 Å². The van der Waals surface area contributed by atoms with E-state index < -0.39 is 5.82 Å². The topological polar surface area (TPSA) is 32.3 Å². The van der Waals surface area contributed by atoms with Gasteiger partial charge in [-0.05, 0) is 43.0 Å². The molecule has 1 rings (SSSR count). The van der Waals surface area contributed by atoms with Gasteiger partial charge in [-0.25, -0.2) is 4.39 Å². The minimum absolute atomic E-state index is 0.288. The van der Waals surface area contributed by atoms with Crippen LogP contribution in [-0.2, 0) is 6.54 Å². The molecule has 16 heavy (non-hydrogen) atoms. The van der Waals surface area contributed by atoms with Gasteiger partial charge in [0.2, 0.25) is 0 Å². The Kier molecular flexibility index (Phi) is 5.26. The van der Waals surface area contributed by atoms with E-state index in [0.29, 0.717) is 6.54 Å². The lowest BCUT2D eigenvalue weighted by Crippen LogP contribution is -2.15. The van der Waals surface area contributed by atoms with Gasteiger partial charge in [0.15, 0.2) is 11.6 Å². The molecule has 0 aliphatic rings. The van der Waals surface area contributed by atoms with Crippen LogP contribution in [0.25, 0.3) is 0 Å². The van der Waals surface area contributed by atoms with Crippen LogP contribution in [0.5, 0.6) is 5.75 Å². The Morgan fingerprint density at radius 2 is 2.12 bits per heavy atom. The smallest absolute Gasteiger partial charge is 0.165 e. The molecular weight excluding hydrogens is 205 g/mol. The Morgan fingerprint density at radius 3 is 2.75 bits per heavy atom. The molecule has 0 radical (unpaired) electrons. The van der Waals surface area contributed by atoms with Gasteiger partial charge in [0.25, 0.3) is 0 Å². The maximum absolute atomic E-state index is 13.0. The minimum Gasteiger partial charge on any atom is -0.505 e. The van der Waals surface area contributed by atoms with Crippen LogP contribution >= 0.6 is 0 Å². The summed E-state index contributed by atoms with van der Waals surface area (Å²) in [5.41, 5.74) is 0.861. The number of phenolic OH excluding ortho intramolecular Hbond substituents is 1.